The molecule has 0 heterocycles. The van der Waals surface area contributed by atoms with E-state index in [-0.39, 0.29) is 0 Å². The number of unbranched alkanes of at least 4 members (excludes halogenated alkanes) is 6. The van der Waals surface area contributed by atoms with E-state index in [1.807, 2.05) is 0 Å². The Labute approximate surface area is 129 Å². The standard InChI is InChI=1S/C17H34BrN/c1-2-3-4-5-6-7-11-15-19(16-14-18)17-12-9-8-10-13-17/h17H,2-16H2,1H3. The van der Waals surface area contributed by atoms with Gasteiger partial charge in [-0.2, -0.15) is 0 Å². The van der Waals surface area contributed by atoms with Gasteiger partial charge in [0.05, 0.1) is 0 Å². The Balaban J connectivity index is 2.07. The van der Waals surface area contributed by atoms with Gasteiger partial charge in [0.25, 0.3) is 0 Å². The molecule has 0 aromatic rings. The molecule has 0 aromatic carbocycles. The summed E-state index contributed by atoms with van der Waals surface area (Å²) in [5.41, 5.74) is 0. The summed E-state index contributed by atoms with van der Waals surface area (Å²) in [6.07, 6.45) is 17.3. The fourth-order valence-corrected chi connectivity index (χ4v) is 3.76. The number of halogens is 1. The molecule has 2 heteroatoms. The van der Waals surface area contributed by atoms with Crippen LogP contribution in [0.15, 0.2) is 0 Å². The zero-order valence-corrected chi connectivity index (χ0v) is 14.6. The lowest BCUT2D eigenvalue weighted by Crippen LogP contribution is -2.38. The van der Waals surface area contributed by atoms with Crippen LogP contribution in [0, 0.1) is 0 Å². The molecule has 19 heavy (non-hydrogen) atoms. The second-order valence-corrected chi connectivity index (χ2v) is 6.93. The van der Waals surface area contributed by atoms with Gasteiger partial charge in [-0.3, -0.25) is 4.90 Å². The van der Waals surface area contributed by atoms with Crippen LogP contribution in [0.25, 0.3) is 0 Å². The smallest absolute Gasteiger partial charge is 0.0159 e. The van der Waals surface area contributed by atoms with Crippen molar-refractivity contribution in [3.05, 3.63) is 0 Å². The molecule has 0 unspecified atom stereocenters. The summed E-state index contributed by atoms with van der Waals surface area (Å²) in [6, 6.07) is 0.895. The minimum absolute atomic E-state index is 0.895. The van der Waals surface area contributed by atoms with E-state index in [9.17, 15) is 0 Å². The molecule has 1 aliphatic carbocycles. The second kappa shape index (κ2) is 12.2. The van der Waals surface area contributed by atoms with E-state index in [1.165, 1.54) is 90.1 Å². The van der Waals surface area contributed by atoms with E-state index >= 15 is 0 Å². The molecule has 0 N–H and O–H groups in total. The van der Waals surface area contributed by atoms with E-state index in [4.69, 9.17) is 0 Å². The third kappa shape index (κ3) is 8.34. The van der Waals surface area contributed by atoms with Gasteiger partial charge < -0.3 is 0 Å². The summed E-state index contributed by atoms with van der Waals surface area (Å²) < 4.78 is 0. The SMILES string of the molecule is CCCCCCCCCN(CCBr)C1CCCCC1. The average Bonchev–Trinajstić information content (AvgIpc) is 2.46. The molecule has 0 bridgehead atoms. The third-order valence-corrected chi connectivity index (χ3v) is 4.87. The monoisotopic (exact) mass is 331 g/mol. The van der Waals surface area contributed by atoms with Crippen molar-refractivity contribution in [3.8, 4) is 0 Å². The summed E-state index contributed by atoms with van der Waals surface area (Å²) in [7, 11) is 0. The predicted octanol–water partition coefficient (Wildman–Crippen LogP) is 5.77. The molecule has 1 nitrogen and oxygen atoms in total. The minimum Gasteiger partial charge on any atom is -0.300 e. The lowest BCUT2D eigenvalue weighted by atomic mass is 9.94. The van der Waals surface area contributed by atoms with Crippen LogP contribution in [-0.2, 0) is 0 Å². The molecule has 1 saturated carbocycles. The van der Waals surface area contributed by atoms with Gasteiger partial charge in [-0.15, -0.1) is 0 Å². The lowest BCUT2D eigenvalue weighted by Gasteiger charge is -2.34. The number of hydrogen-bond acceptors (Lipinski definition) is 1. The maximum atomic E-state index is 3.63. The summed E-state index contributed by atoms with van der Waals surface area (Å²) in [5, 5.41) is 1.14. The zero-order valence-electron chi connectivity index (χ0n) is 13.0. The lowest BCUT2D eigenvalue weighted by molar-refractivity contribution is 0.162. The topological polar surface area (TPSA) is 3.24 Å². The van der Waals surface area contributed by atoms with Gasteiger partial charge in [-0.05, 0) is 25.8 Å². The van der Waals surface area contributed by atoms with Crippen molar-refractivity contribution in [1.82, 2.24) is 4.90 Å². The molecule has 1 fully saturated rings. The molecule has 0 amide bonds. The molecule has 0 saturated heterocycles. The Kier molecular flexibility index (Phi) is 11.2. The first kappa shape index (κ1) is 17.5. The predicted molar refractivity (Wildman–Crippen MR) is 90.2 cm³/mol. The first-order valence-electron chi connectivity index (χ1n) is 8.68. The molecular weight excluding hydrogens is 298 g/mol. The van der Waals surface area contributed by atoms with Gasteiger partial charge in [0.1, 0.15) is 0 Å². The quantitative estimate of drug-likeness (QED) is 0.343. The minimum atomic E-state index is 0.895. The fourth-order valence-electron chi connectivity index (χ4n) is 3.30. The van der Waals surface area contributed by atoms with Crippen molar-refractivity contribution >= 4 is 15.9 Å². The van der Waals surface area contributed by atoms with Crippen molar-refractivity contribution in [1.29, 1.82) is 0 Å². The highest BCUT2D eigenvalue weighted by atomic mass is 79.9. The highest BCUT2D eigenvalue weighted by molar-refractivity contribution is 9.09. The van der Waals surface area contributed by atoms with Crippen LogP contribution in [0.4, 0.5) is 0 Å². The van der Waals surface area contributed by atoms with E-state index < -0.39 is 0 Å². The molecule has 1 aliphatic rings. The number of hydrogen-bond donors (Lipinski definition) is 0. The van der Waals surface area contributed by atoms with Crippen LogP contribution in [0.5, 0.6) is 0 Å². The van der Waals surface area contributed by atoms with E-state index in [1.54, 1.807) is 0 Å². The molecule has 0 atom stereocenters. The summed E-state index contributed by atoms with van der Waals surface area (Å²) in [4.78, 5) is 2.76. The van der Waals surface area contributed by atoms with E-state index in [2.05, 4.69) is 27.8 Å². The Hall–Kier alpha value is 0.440. The molecule has 0 spiro atoms. The summed E-state index contributed by atoms with van der Waals surface area (Å²) >= 11 is 3.63. The van der Waals surface area contributed by atoms with Crippen molar-refractivity contribution in [3.63, 3.8) is 0 Å². The zero-order chi connectivity index (χ0) is 13.8. The van der Waals surface area contributed by atoms with Crippen LogP contribution in [0.1, 0.15) is 84.0 Å². The van der Waals surface area contributed by atoms with Gasteiger partial charge >= 0.3 is 0 Å². The Bertz CT molecular complexity index is 190. The maximum Gasteiger partial charge on any atom is 0.0159 e. The van der Waals surface area contributed by atoms with Crippen LogP contribution < -0.4 is 0 Å². The number of nitrogens with zero attached hydrogens (tertiary/aromatic N) is 1. The van der Waals surface area contributed by atoms with Gasteiger partial charge in [0.2, 0.25) is 0 Å². The highest BCUT2D eigenvalue weighted by Gasteiger charge is 2.19. The van der Waals surface area contributed by atoms with Crippen molar-refractivity contribution in [2.24, 2.45) is 0 Å². The molecule has 114 valence electrons. The molecule has 0 radical (unpaired) electrons. The number of alkyl halides is 1. The first-order chi connectivity index (χ1) is 9.38. The summed E-state index contributed by atoms with van der Waals surface area (Å²) in [6.45, 7) is 4.88. The van der Waals surface area contributed by atoms with Crippen LogP contribution >= 0.6 is 15.9 Å². The first-order valence-corrected chi connectivity index (χ1v) is 9.80. The van der Waals surface area contributed by atoms with Crippen LogP contribution in [-0.4, -0.2) is 29.4 Å². The summed E-state index contributed by atoms with van der Waals surface area (Å²) in [5.74, 6) is 0. The Morgan fingerprint density at radius 3 is 2.11 bits per heavy atom. The second-order valence-electron chi connectivity index (χ2n) is 6.14. The van der Waals surface area contributed by atoms with E-state index in [0.717, 1.165) is 11.4 Å². The molecular formula is C17H34BrN. The Morgan fingerprint density at radius 1 is 0.842 bits per heavy atom. The van der Waals surface area contributed by atoms with Crippen molar-refractivity contribution in [2.45, 2.75) is 90.0 Å². The maximum absolute atomic E-state index is 3.63. The molecule has 1 rings (SSSR count). The van der Waals surface area contributed by atoms with Gasteiger partial charge in [0, 0.05) is 17.9 Å². The largest absolute Gasteiger partial charge is 0.300 e. The third-order valence-electron chi connectivity index (χ3n) is 4.51. The van der Waals surface area contributed by atoms with Gasteiger partial charge in [0.15, 0.2) is 0 Å². The van der Waals surface area contributed by atoms with Crippen molar-refractivity contribution in [2.75, 3.05) is 18.4 Å². The van der Waals surface area contributed by atoms with Crippen LogP contribution in [0.3, 0.4) is 0 Å². The molecule has 0 aromatic heterocycles. The van der Waals surface area contributed by atoms with Crippen LogP contribution in [0.2, 0.25) is 0 Å². The Morgan fingerprint density at radius 2 is 1.47 bits per heavy atom. The fraction of sp³-hybridized carbons (Fsp3) is 1.00. The highest BCUT2D eigenvalue weighted by Crippen LogP contribution is 2.23. The van der Waals surface area contributed by atoms with Crippen molar-refractivity contribution < 1.29 is 0 Å². The normalized spacial score (nSPS) is 17.2. The van der Waals surface area contributed by atoms with E-state index in [0.29, 0.717) is 0 Å². The van der Waals surface area contributed by atoms with Gasteiger partial charge in [-0.25, -0.2) is 0 Å². The number of rotatable bonds is 11. The average molecular weight is 332 g/mol. The van der Waals surface area contributed by atoms with Gasteiger partial charge in [-0.1, -0.05) is 80.6 Å². The molecule has 0 aliphatic heterocycles.